The van der Waals surface area contributed by atoms with Crippen molar-refractivity contribution in [3.05, 3.63) is 0 Å². The van der Waals surface area contributed by atoms with Gasteiger partial charge in [-0.1, -0.05) is 0 Å². The number of carbonyl (C=O) groups is 2. The summed E-state index contributed by atoms with van der Waals surface area (Å²) >= 11 is 0. The van der Waals surface area contributed by atoms with Crippen molar-refractivity contribution in [3.8, 4) is 0 Å². The largest absolute Gasteiger partial charge is 0.449 e. The highest BCUT2D eigenvalue weighted by Gasteiger charge is 2.81. The highest BCUT2D eigenvalue weighted by atomic mass is 16.6. The summed E-state index contributed by atoms with van der Waals surface area (Å²) in [4.78, 5) is 22.2. The molecule has 3 nitrogen and oxygen atoms in total. The molecular formula is C8H8O3. The molecule has 0 amide bonds. The molecule has 1 atom stereocenters. The molecule has 0 aromatic carbocycles. The Bertz CT molecular complexity index is 277. The van der Waals surface area contributed by atoms with E-state index in [1.54, 1.807) is 0 Å². The van der Waals surface area contributed by atoms with Crippen molar-refractivity contribution in [2.75, 3.05) is 0 Å². The molecule has 0 bridgehead atoms. The molecule has 58 valence electrons. The lowest BCUT2D eigenvalue weighted by atomic mass is 9.63. The van der Waals surface area contributed by atoms with Gasteiger partial charge in [0.05, 0.1) is 0 Å². The predicted molar refractivity (Wildman–Crippen MR) is 34.7 cm³/mol. The topological polar surface area (TPSA) is 43.4 Å². The van der Waals surface area contributed by atoms with Gasteiger partial charge in [-0.15, -0.1) is 0 Å². The SMILES string of the molecule is O=C1OC2(CCC2=O)C12CC2. The van der Waals surface area contributed by atoms with E-state index in [0.717, 1.165) is 19.3 Å². The van der Waals surface area contributed by atoms with Crippen molar-refractivity contribution in [1.82, 2.24) is 0 Å². The molecule has 0 aromatic heterocycles. The highest BCUT2D eigenvalue weighted by Crippen LogP contribution is 2.68. The number of rotatable bonds is 0. The van der Waals surface area contributed by atoms with Crippen LogP contribution in [0, 0.1) is 5.41 Å². The third-order valence-corrected chi connectivity index (χ3v) is 3.34. The maximum atomic E-state index is 11.2. The molecule has 2 spiro atoms. The van der Waals surface area contributed by atoms with Gasteiger partial charge in [-0.25, -0.2) is 0 Å². The zero-order valence-corrected chi connectivity index (χ0v) is 6.05. The fraction of sp³-hybridized carbons (Fsp3) is 0.750. The molecule has 2 saturated carbocycles. The van der Waals surface area contributed by atoms with E-state index in [2.05, 4.69) is 0 Å². The Morgan fingerprint density at radius 1 is 1.18 bits per heavy atom. The molecule has 11 heavy (non-hydrogen) atoms. The van der Waals surface area contributed by atoms with Crippen LogP contribution in [0.4, 0.5) is 0 Å². The van der Waals surface area contributed by atoms with Crippen molar-refractivity contribution in [2.24, 2.45) is 5.41 Å². The first-order chi connectivity index (χ1) is 5.21. The summed E-state index contributed by atoms with van der Waals surface area (Å²) in [6.45, 7) is 0. The first kappa shape index (κ1) is 5.75. The molecular weight excluding hydrogens is 144 g/mol. The van der Waals surface area contributed by atoms with Crippen molar-refractivity contribution in [1.29, 1.82) is 0 Å². The lowest BCUT2D eigenvalue weighted by molar-refractivity contribution is -0.232. The molecule has 2 aliphatic carbocycles. The summed E-state index contributed by atoms with van der Waals surface area (Å²) in [5, 5.41) is 0. The second-order valence-corrected chi connectivity index (χ2v) is 3.72. The van der Waals surface area contributed by atoms with Crippen LogP contribution in [0.2, 0.25) is 0 Å². The van der Waals surface area contributed by atoms with Crippen molar-refractivity contribution in [3.63, 3.8) is 0 Å². The number of ketones is 1. The Kier molecular flexibility index (Phi) is 0.646. The minimum absolute atomic E-state index is 0.134. The van der Waals surface area contributed by atoms with Crippen molar-refractivity contribution < 1.29 is 14.3 Å². The van der Waals surface area contributed by atoms with Crippen LogP contribution in [0.1, 0.15) is 25.7 Å². The summed E-state index contributed by atoms with van der Waals surface area (Å²) in [5.41, 5.74) is -0.924. The normalized spacial score (nSPS) is 43.3. The van der Waals surface area contributed by atoms with Crippen LogP contribution >= 0.6 is 0 Å². The van der Waals surface area contributed by atoms with Crippen LogP contribution in [0.5, 0.6) is 0 Å². The highest BCUT2D eigenvalue weighted by molar-refractivity contribution is 6.07. The number of esters is 1. The van der Waals surface area contributed by atoms with Gasteiger partial charge in [0.15, 0.2) is 11.4 Å². The van der Waals surface area contributed by atoms with Crippen LogP contribution in [-0.4, -0.2) is 17.4 Å². The molecule has 1 aliphatic heterocycles. The minimum Gasteiger partial charge on any atom is -0.449 e. The quantitative estimate of drug-likeness (QED) is 0.472. The van der Waals surface area contributed by atoms with Gasteiger partial charge in [0, 0.05) is 12.8 Å². The van der Waals surface area contributed by atoms with Gasteiger partial charge in [-0.3, -0.25) is 9.59 Å². The molecule has 0 N–H and O–H groups in total. The van der Waals surface area contributed by atoms with E-state index < -0.39 is 5.60 Å². The number of hydrogen-bond donors (Lipinski definition) is 0. The molecule has 3 heteroatoms. The van der Waals surface area contributed by atoms with E-state index in [1.165, 1.54) is 0 Å². The average molecular weight is 152 g/mol. The molecule has 1 saturated heterocycles. The van der Waals surface area contributed by atoms with Crippen molar-refractivity contribution >= 4 is 11.8 Å². The fourth-order valence-electron chi connectivity index (χ4n) is 2.27. The van der Waals surface area contributed by atoms with Crippen molar-refractivity contribution in [2.45, 2.75) is 31.3 Å². The fourth-order valence-corrected chi connectivity index (χ4v) is 2.27. The molecule has 0 radical (unpaired) electrons. The smallest absolute Gasteiger partial charge is 0.317 e. The van der Waals surface area contributed by atoms with E-state index in [1.807, 2.05) is 0 Å². The van der Waals surface area contributed by atoms with Crippen LogP contribution in [-0.2, 0) is 14.3 Å². The van der Waals surface area contributed by atoms with Gasteiger partial charge in [0.25, 0.3) is 0 Å². The molecule has 3 fully saturated rings. The molecule has 1 heterocycles. The van der Waals surface area contributed by atoms with Crippen LogP contribution < -0.4 is 0 Å². The summed E-state index contributed by atoms with van der Waals surface area (Å²) in [7, 11) is 0. The lowest BCUT2D eigenvalue weighted by Crippen LogP contribution is -2.69. The minimum atomic E-state index is -0.607. The third-order valence-electron chi connectivity index (χ3n) is 3.34. The number of hydrogen-bond acceptors (Lipinski definition) is 3. The average Bonchev–Trinajstić information content (AvgIpc) is 2.77. The summed E-state index contributed by atoms with van der Waals surface area (Å²) in [6, 6.07) is 0. The molecule has 3 aliphatic rings. The summed E-state index contributed by atoms with van der Waals surface area (Å²) < 4.78 is 4.96. The number of Topliss-reactive ketones (excluding diaryl/α,β-unsaturated/α-hetero) is 1. The Balaban J connectivity index is 2.02. The molecule has 0 aromatic rings. The van der Waals surface area contributed by atoms with Gasteiger partial charge in [0.1, 0.15) is 5.41 Å². The second-order valence-electron chi connectivity index (χ2n) is 3.72. The predicted octanol–water partition coefficient (Wildman–Crippen LogP) is 0.425. The zero-order valence-electron chi connectivity index (χ0n) is 6.05. The van der Waals surface area contributed by atoms with Crippen LogP contribution in [0.25, 0.3) is 0 Å². The van der Waals surface area contributed by atoms with E-state index in [4.69, 9.17) is 4.74 Å². The Hall–Kier alpha value is -0.860. The first-order valence-corrected chi connectivity index (χ1v) is 3.98. The summed E-state index contributed by atoms with van der Waals surface area (Å²) in [6.07, 6.45) is 3.13. The maximum Gasteiger partial charge on any atom is 0.317 e. The standard InChI is InChI=1S/C8H8O3/c9-5-1-2-8(5)7(3-4-7)6(10)11-8/h1-4H2. The van der Waals surface area contributed by atoms with Crippen LogP contribution in [0.15, 0.2) is 0 Å². The van der Waals surface area contributed by atoms with Gasteiger partial charge >= 0.3 is 5.97 Å². The third kappa shape index (κ3) is 0.357. The van der Waals surface area contributed by atoms with Crippen LogP contribution in [0.3, 0.4) is 0 Å². The van der Waals surface area contributed by atoms with E-state index >= 15 is 0 Å². The Labute approximate surface area is 63.7 Å². The number of ether oxygens (including phenoxy) is 1. The van der Waals surface area contributed by atoms with E-state index in [0.29, 0.717) is 6.42 Å². The van der Waals surface area contributed by atoms with Gasteiger partial charge in [-0.05, 0) is 12.8 Å². The Morgan fingerprint density at radius 2 is 1.91 bits per heavy atom. The second kappa shape index (κ2) is 1.24. The van der Waals surface area contributed by atoms with Gasteiger partial charge in [-0.2, -0.15) is 0 Å². The van der Waals surface area contributed by atoms with Gasteiger partial charge in [0.2, 0.25) is 0 Å². The summed E-state index contributed by atoms with van der Waals surface area (Å²) in [5.74, 6) is 0.0140. The first-order valence-electron chi connectivity index (χ1n) is 3.98. The zero-order chi connectivity index (χ0) is 7.69. The van der Waals surface area contributed by atoms with Gasteiger partial charge < -0.3 is 4.74 Å². The maximum absolute atomic E-state index is 11.2. The Morgan fingerprint density at radius 3 is 2.09 bits per heavy atom. The monoisotopic (exact) mass is 152 g/mol. The van der Waals surface area contributed by atoms with E-state index in [9.17, 15) is 9.59 Å². The number of carbonyl (C=O) groups excluding carboxylic acids is 2. The lowest BCUT2D eigenvalue weighted by Gasteiger charge is -2.52. The van der Waals surface area contributed by atoms with E-state index in [-0.39, 0.29) is 17.2 Å². The molecule has 3 rings (SSSR count). The molecule has 1 unspecified atom stereocenters. The number of fused-ring (bicyclic) bond motifs is 1.